The van der Waals surface area contributed by atoms with Crippen LogP contribution in [0.1, 0.15) is 37.8 Å². The van der Waals surface area contributed by atoms with Gasteiger partial charge in [-0.2, -0.15) is 0 Å². The molecule has 2 rings (SSSR count). The van der Waals surface area contributed by atoms with Crippen LogP contribution in [-0.4, -0.2) is 44.0 Å². The van der Waals surface area contributed by atoms with Gasteiger partial charge in [0.15, 0.2) is 0 Å². The third-order valence-corrected chi connectivity index (χ3v) is 4.54. The molecule has 1 aromatic rings. The number of hydrogen-bond donors (Lipinski definition) is 2. The predicted molar refractivity (Wildman–Crippen MR) is 105 cm³/mol. The summed E-state index contributed by atoms with van der Waals surface area (Å²) in [5.74, 6) is 0.943. The monoisotopic (exact) mass is 375 g/mol. The summed E-state index contributed by atoms with van der Waals surface area (Å²) in [6.07, 6.45) is 3.03. The van der Waals surface area contributed by atoms with E-state index in [4.69, 9.17) is 0 Å². The van der Waals surface area contributed by atoms with E-state index in [0.29, 0.717) is 13.0 Å². The molecule has 0 spiro atoms. The van der Waals surface area contributed by atoms with Crippen LogP contribution in [0.25, 0.3) is 0 Å². The van der Waals surface area contributed by atoms with Gasteiger partial charge in [-0.25, -0.2) is 0 Å². The Kier molecular flexibility index (Phi) is 12.1. The van der Waals surface area contributed by atoms with Gasteiger partial charge in [-0.3, -0.25) is 9.69 Å². The Morgan fingerprint density at radius 1 is 1.21 bits per heavy atom. The minimum atomic E-state index is 0. The van der Waals surface area contributed by atoms with Crippen LogP contribution in [0.4, 0.5) is 0 Å². The maximum atomic E-state index is 11.9. The highest BCUT2D eigenvalue weighted by atomic mass is 35.5. The van der Waals surface area contributed by atoms with Crippen LogP contribution in [-0.2, 0) is 4.79 Å². The van der Waals surface area contributed by atoms with Crippen molar-refractivity contribution in [2.24, 2.45) is 5.92 Å². The summed E-state index contributed by atoms with van der Waals surface area (Å²) in [6, 6.07) is 10.8. The SMILES string of the molecule is CNCCC(=O)NCC(c1ccccc1)N1CCC(C)CC1.Cl.Cl. The Morgan fingerprint density at radius 2 is 1.83 bits per heavy atom. The number of carbonyl (C=O) groups is 1. The smallest absolute Gasteiger partial charge is 0.221 e. The minimum absolute atomic E-state index is 0. The lowest BCUT2D eigenvalue weighted by atomic mass is 9.95. The van der Waals surface area contributed by atoms with Crippen molar-refractivity contribution in [3.05, 3.63) is 35.9 Å². The second-order valence-electron chi connectivity index (χ2n) is 6.30. The molecule has 1 unspecified atom stereocenters. The number of hydrogen-bond acceptors (Lipinski definition) is 3. The van der Waals surface area contributed by atoms with Gasteiger partial charge < -0.3 is 10.6 Å². The molecule has 1 heterocycles. The molecule has 1 atom stereocenters. The zero-order valence-electron chi connectivity index (χ0n) is 14.7. The number of nitrogens with zero attached hydrogens (tertiary/aromatic N) is 1. The molecule has 1 saturated heterocycles. The Hall–Kier alpha value is -0.810. The number of rotatable bonds is 7. The molecule has 0 saturated carbocycles. The number of piperidine rings is 1. The zero-order valence-corrected chi connectivity index (χ0v) is 16.3. The molecule has 1 fully saturated rings. The first kappa shape index (κ1) is 23.2. The van der Waals surface area contributed by atoms with E-state index in [0.717, 1.165) is 25.6 Å². The van der Waals surface area contributed by atoms with Gasteiger partial charge in [-0.15, -0.1) is 24.8 Å². The van der Waals surface area contributed by atoms with E-state index in [2.05, 4.69) is 46.7 Å². The third-order valence-electron chi connectivity index (χ3n) is 4.54. The summed E-state index contributed by atoms with van der Waals surface area (Å²) in [5.41, 5.74) is 1.30. The van der Waals surface area contributed by atoms with Crippen LogP contribution >= 0.6 is 24.8 Å². The van der Waals surface area contributed by atoms with E-state index >= 15 is 0 Å². The van der Waals surface area contributed by atoms with Gasteiger partial charge in [-0.05, 0) is 44.5 Å². The van der Waals surface area contributed by atoms with E-state index in [9.17, 15) is 4.79 Å². The van der Waals surface area contributed by atoms with Crippen LogP contribution in [0.15, 0.2) is 30.3 Å². The maximum absolute atomic E-state index is 11.9. The first-order valence-electron chi connectivity index (χ1n) is 8.41. The topological polar surface area (TPSA) is 44.4 Å². The van der Waals surface area contributed by atoms with Crippen LogP contribution in [0, 0.1) is 5.92 Å². The van der Waals surface area contributed by atoms with E-state index in [1.54, 1.807) is 0 Å². The summed E-state index contributed by atoms with van der Waals surface area (Å²) >= 11 is 0. The highest BCUT2D eigenvalue weighted by Gasteiger charge is 2.24. The van der Waals surface area contributed by atoms with Gasteiger partial charge in [0.1, 0.15) is 0 Å². The molecule has 1 aromatic carbocycles. The fourth-order valence-corrected chi connectivity index (χ4v) is 3.01. The molecule has 1 amide bonds. The van der Waals surface area contributed by atoms with E-state index in [-0.39, 0.29) is 36.8 Å². The van der Waals surface area contributed by atoms with Crippen LogP contribution in [0.3, 0.4) is 0 Å². The van der Waals surface area contributed by atoms with Crippen LogP contribution < -0.4 is 10.6 Å². The van der Waals surface area contributed by atoms with Crippen molar-refractivity contribution in [2.75, 3.05) is 33.2 Å². The van der Waals surface area contributed by atoms with Gasteiger partial charge in [0.2, 0.25) is 5.91 Å². The van der Waals surface area contributed by atoms with Crippen molar-refractivity contribution in [1.29, 1.82) is 0 Å². The molecule has 0 radical (unpaired) electrons. The van der Waals surface area contributed by atoms with Crippen molar-refractivity contribution < 1.29 is 4.79 Å². The van der Waals surface area contributed by atoms with Crippen molar-refractivity contribution in [1.82, 2.24) is 15.5 Å². The van der Waals surface area contributed by atoms with Gasteiger partial charge in [0.25, 0.3) is 0 Å². The Balaban J connectivity index is 0.00000264. The lowest BCUT2D eigenvalue weighted by Gasteiger charge is -2.37. The molecule has 0 aromatic heterocycles. The number of halogens is 2. The molecular formula is C18H31Cl2N3O. The van der Waals surface area contributed by atoms with Crippen molar-refractivity contribution in [3.63, 3.8) is 0 Å². The maximum Gasteiger partial charge on any atom is 0.221 e. The highest BCUT2D eigenvalue weighted by molar-refractivity contribution is 5.85. The molecule has 0 aliphatic carbocycles. The lowest BCUT2D eigenvalue weighted by molar-refractivity contribution is -0.121. The third kappa shape index (κ3) is 7.39. The number of benzene rings is 1. The van der Waals surface area contributed by atoms with Crippen LogP contribution in [0.2, 0.25) is 0 Å². The first-order chi connectivity index (χ1) is 10.7. The summed E-state index contributed by atoms with van der Waals surface area (Å²) < 4.78 is 0. The number of amides is 1. The fourth-order valence-electron chi connectivity index (χ4n) is 3.01. The second-order valence-corrected chi connectivity index (χ2v) is 6.30. The molecule has 1 aliphatic heterocycles. The highest BCUT2D eigenvalue weighted by Crippen LogP contribution is 2.26. The number of carbonyl (C=O) groups excluding carboxylic acids is 1. The minimum Gasteiger partial charge on any atom is -0.354 e. The molecule has 4 nitrogen and oxygen atoms in total. The van der Waals surface area contributed by atoms with Gasteiger partial charge in [0.05, 0.1) is 6.04 Å². The molecular weight excluding hydrogens is 345 g/mol. The molecule has 0 bridgehead atoms. The molecule has 2 N–H and O–H groups in total. The van der Waals surface area contributed by atoms with Crippen molar-refractivity contribution >= 4 is 30.7 Å². The van der Waals surface area contributed by atoms with Crippen molar-refractivity contribution in [2.45, 2.75) is 32.2 Å². The Bertz CT molecular complexity index is 451. The summed E-state index contributed by atoms with van der Waals surface area (Å²) in [4.78, 5) is 14.4. The molecule has 138 valence electrons. The summed E-state index contributed by atoms with van der Waals surface area (Å²) in [7, 11) is 1.87. The average Bonchev–Trinajstić information content (AvgIpc) is 2.55. The van der Waals surface area contributed by atoms with E-state index in [1.165, 1.54) is 18.4 Å². The standard InChI is InChI=1S/C18H29N3O.2ClH/c1-15-9-12-21(13-10-15)17(16-6-4-3-5-7-16)14-20-18(22)8-11-19-2;;/h3-7,15,17,19H,8-14H2,1-2H3,(H,20,22);2*1H. The normalized spacial score (nSPS) is 16.6. The Morgan fingerprint density at radius 3 is 2.42 bits per heavy atom. The summed E-state index contributed by atoms with van der Waals surface area (Å²) in [5, 5.41) is 6.12. The summed E-state index contributed by atoms with van der Waals surface area (Å²) in [6.45, 7) is 5.98. The quantitative estimate of drug-likeness (QED) is 0.769. The van der Waals surface area contributed by atoms with Crippen LogP contribution in [0.5, 0.6) is 0 Å². The average molecular weight is 376 g/mol. The number of nitrogens with one attached hydrogen (secondary N) is 2. The lowest BCUT2D eigenvalue weighted by Crippen LogP contribution is -2.42. The first-order valence-corrected chi connectivity index (χ1v) is 8.41. The molecule has 1 aliphatic rings. The van der Waals surface area contributed by atoms with Gasteiger partial charge >= 0.3 is 0 Å². The van der Waals surface area contributed by atoms with Gasteiger partial charge in [0, 0.05) is 19.5 Å². The predicted octanol–water partition coefficient (Wildman–Crippen LogP) is 3.03. The molecule has 6 heteroatoms. The van der Waals surface area contributed by atoms with Crippen molar-refractivity contribution in [3.8, 4) is 0 Å². The van der Waals surface area contributed by atoms with E-state index < -0.39 is 0 Å². The van der Waals surface area contributed by atoms with Gasteiger partial charge in [-0.1, -0.05) is 37.3 Å². The largest absolute Gasteiger partial charge is 0.354 e. The second kappa shape index (κ2) is 12.5. The fraction of sp³-hybridized carbons (Fsp3) is 0.611. The zero-order chi connectivity index (χ0) is 15.8. The Labute approximate surface area is 158 Å². The number of likely N-dealkylation sites (tertiary alicyclic amines) is 1. The van der Waals surface area contributed by atoms with E-state index in [1.807, 2.05) is 13.1 Å². The molecule has 24 heavy (non-hydrogen) atoms.